The Morgan fingerprint density at radius 1 is 0.610 bits per heavy atom. The van der Waals surface area contributed by atoms with Crippen LogP contribution in [0, 0.1) is 21.7 Å². The Balaban J connectivity index is 1.08. The van der Waals surface area contributed by atoms with E-state index in [4.69, 9.17) is 9.47 Å². The molecule has 2 aromatic rings. The molecule has 2 saturated carbocycles. The molecule has 8 heteroatoms. The number of hydrogen-bond donors (Lipinski definition) is 2. The number of esters is 2. The molecule has 0 radical (unpaired) electrons. The minimum Gasteiger partial charge on any atom is -0.448 e. The van der Waals surface area contributed by atoms with Crippen LogP contribution >= 0.6 is 0 Å². The van der Waals surface area contributed by atoms with Crippen molar-refractivity contribution in [1.82, 2.24) is 0 Å². The number of benzene rings is 2. The molecule has 2 aliphatic heterocycles. The first-order chi connectivity index (χ1) is 19.1. The van der Waals surface area contributed by atoms with Gasteiger partial charge in [-0.3, -0.25) is 19.2 Å². The molecule has 2 saturated heterocycles. The van der Waals surface area contributed by atoms with Gasteiger partial charge in [0.15, 0.2) is 11.2 Å². The van der Waals surface area contributed by atoms with Crippen LogP contribution < -0.4 is 10.6 Å². The van der Waals surface area contributed by atoms with Crippen LogP contribution in [0.5, 0.6) is 0 Å². The number of anilines is 2. The monoisotopic (exact) mass is 558 g/mol. The van der Waals surface area contributed by atoms with Gasteiger partial charge in [0.2, 0.25) is 0 Å². The van der Waals surface area contributed by atoms with Gasteiger partial charge >= 0.3 is 11.9 Å². The van der Waals surface area contributed by atoms with Crippen LogP contribution in [0.4, 0.5) is 11.4 Å². The van der Waals surface area contributed by atoms with Gasteiger partial charge in [-0.1, -0.05) is 52.0 Å². The van der Waals surface area contributed by atoms with Gasteiger partial charge < -0.3 is 20.1 Å². The molecule has 2 heterocycles. The minimum atomic E-state index is -1.15. The molecule has 4 bridgehead atoms. The number of nitrogens with one attached hydrogen (secondary N) is 2. The van der Waals surface area contributed by atoms with E-state index in [2.05, 4.69) is 10.6 Å². The van der Waals surface area contributed by atoms with Crippen LogP contribution in [-0.2, 0) is 35.1 Å². The van der Waals surface area contributed by atoms with Gasteiger partial charge in [-0.15, -0.1) is 0 Å². The summed E-state index contributed by atoms with van der Waals surface area (Å²) in [5.74, 6) is -1.14. The van der Waals surface area contributed by atoms with E-state index in [-0.39, 0.29) is 23.8 Å². The smallest absolute Gasteiger partial charge is 0.313 e. The first kappa shape index (κ1) is 27.5. The van der Waals surface area contributed by atoms with Crippen molar-refractivity contribution in [2.24, 2.45) is 21.7 Å². The van der Waals surface area contributed by atoms with Crippen molar-refractivity contribution in [3.05, 3.63) is 59.7 Å². The highest BCUT2D eigenvalue weighted by atomic mass is 16.6. The van der Waals surface area contributed by atoms with Crippen molar-refractivity contribution < 1.29 is 28.7 Å². The van der Waals surface area contributed by atoms with Gasteiger partial charge in [-0.2, -0.15) is 0 Å². The Labute approximate surface area is 240 Å². The van der Waals surface area contributed by atoms with Crippen molar-refractivity contribution in [2.75, 3.05) is 10.6 Å². The predicted molar refractivity (Wildman–Crippen MR) is 153 cm³/mol. The molecule has 2 aliphatic carbocycles. The first-order valence-corrected chi connectivity index (χ1v) is 14.4. The fraction of sp³-hybridized carbons (Fsp3) is 0.515. The Hall–Kier alpha value is -3.68. The number of rotatable bonds is 6. The maximum Gasteiger partial charge on any atom is 0.313 e. The third-order valence-electron chi connectivity index (χ3n) is 11.7. The van der Waals surface area contributed by atoms with Crippen LogP contribution in [0.2, 0.25) is 0 Å². The van der Waals surface area contributed by atoms with E-state index in [1.165, 1.54) is 0 Å². The van der Waals surface area contributed by atoms with Crippen LogP contribution in [0.25, 0.3) is 0 Å². The highest BCUT2D eigenvalue weighted by molar-refractivity contribution is 6.04. The molecule has 0 aromatic heterocycles. The Morgan fingerprint density at radius 2 is 0.951 bits per heavy atom. The first-order valence-electron chi connectivity index (χ1n) is 14.4. The molecule has 8 nitrogen and oxygen atoms in total. The molecule has 6 rings (SSSR count). The fourth-order valence-corrected chi connectivity index (χ4v) is 7.61. The third-order valence-corrected chi connectivity index (χ3v) is 11.7. The van der Waals surface area contributed by atoms with Gasteiger partial charge in [-0.25, -0.2) is 0 Å². The van der Waals surface area contributed by atoms with Gasteiger partial charge in [0.25, 0.3) is 11.8 Å². The number of ether oxygens (including phenoxy) is 2. The summed E-state index contributed by atoms with van der Waals surface area (Å²) in [5, 5.41) is 5.94. The van der Waals surface area contributed by atoms with Crippen molar-refractivity contribution in [3.8, 4) is 0 Å². The van der Waals surface area contributed by atoms with Crippen LogP contribution in [0.15, 0.2) is 48.5 Å². The van der Waals surface area contributed by atoms with E-state index >= 15 is 0 Å². The molecule has 2 N–H and O–H groups in total. The summed E-state index contributed by atoms with van der Waals surface area (Å²) in [6.45, 7) is 11.6. The second-order valence-electron chi connectivity index (χ2n) is 13.8. The normalized spacial score (nSPS) is 33.8. The molecular formula is C33H38N2O6. The Morgan fingerprint density at radius 3 is 1.22 bits per heavy atom. The standard InChI is InChI=1S/C33H38N2O6/c1-28(2)30(5)15-17-32(28,40-26(30)38)24(36)34-22-11-7-20(8-12-22)19-21-9-13-23(14-10-21)35-25(37)33-18-16-31(6,27(39)41-33)29(33,3)4/h7-14H,15-19H2,1-6H3,(H,34,36)(H,35,37). The van der Waals surface area contributed by atoms with E-state index in [9.17, 15) is 19.2 Å². The average molecular weight is 559 g/mol. The van der Waals surface area contributed by atoms with E-state index in [1.54, 1.807) is 0 Å². The SMILES string of the molecule is CC12CCC(C(=O)Nc3ccc(Cc4ccc(NC(=O)C56CCC(C)(C(=O)O5)C6(C)C)cc4)cc3)(OC1=O)C2(C)C. The molecule has 216 valence electrons. The number of carbonyl (C=O) groups excluding carboxylic acids is 4. The number of fused-ring (bicyclic) bond motifs is 4. The zero-order chi connectivity index (χ0) is 29.6. The van der Waals surface area contributed by atoms with Crippen LogP contribution in [-0.4, -0.2) is 35.0 Å². The Kier molecular flexibility index (Phi) is 5.65. The quantitative estimate of drug-likeness (QED) is 0.460. The molecule has 41 heavy (non-hydrogen) atoms. The summed E-state index contributed by atoms with van der Waals surface area (Å²) in [6.07, 6.45) is 2.99. The second kappa shape index (κ2) is 8.43. The maximum absolute atomic E-state index is 13.3. The lowest BCUT2D eigenvalue weighted by molar-refractivity contribution is -0.166. The van der Waals surface area contributed by atoms with Crippen molar-refractivity contribution in [3.63, 3.8) is 0 Å². The topological polar surface area (TPSA) is 111 Å². The van der Waals surface area contributed by atoms with E-state index in [1.807, 2.05) is 90.1 Å². The van der Waals surface area contributed by atoms with Gasteiger partial charge in [0, 0.05) is 22.2 Å². The molecule has 0 spiro atoms. The van der Waals surface area contributed by atoms with Gasteiger partial charge in [-0.05, 0) is 81.3 Å². The minimum absolute atomic E-state index is 0.278. The molecular weight excluding hydrogens is 520 g/mol. The van der Waals surface area contributed by atoms with E-state index in [0.717, 1.165) is 11.1 Å². The van der Waals surface area contributed by atoms with E-state index in [0.29, 0.717) is 43.5 Å². The predicted octanol–water partition coefficient (Wildman–Crippen LogP) is 5.40. The summed E-state index contributed by atoms with van der Waals surface area (Å²) in [5.41, 5.74) is -1.38. The highest BCUT2D eigenvalue weighted by Gasteiger charge is 2.76. The highest BCUT2D eigenvalue weighted by Crippen LogP contribution is 2.66. The third kappa shape index (κ3) is 3.39. The number of carbonyl (C=O) groups is 4. The van der Waals surface area contributed by atoms with Crippen molar-refractivity contribution in [1.29, 1.82) is 0 Å². The molecule has 4 atom stereocenters. The summed E-state index contributed by atoms with van der Waals surface area (Å²) in [6, 6.07) is 15.3. The number of amides is 2. The van der Waals surface area contributed by atoms with Gasteiger partial charge in [0.05, 0.1) is 10.8 Å². The van der Waals surface area contributed by atoms with Crippen molar-refractivity contribution in [2.45, 2.75) is 84.8 Å². The molecule has 2 aromatic carbocycles. The lowest BCUT2D eigenvalue weighted by Crippen LogP contribution is -2.50. The second-order valence-corrected chi connectivity index (χ2v) is 13.8. The average Bonchev–Trinajstić information content (AvgIpc) is 3.39. The Bertz CT molecular complexity index is 1370. The van der Waals surface area contributed by atoms with Crippen LogP contribution in [0.1, 0.15) is 78.4 Å². The largest absolute Gasteiger partial charge is 0.448 e. The molecule has 4 unspecified atom stereocenters. The molecule has 2 amide bonds. The van der Waals surface area contributed by atoms with Gasteiger partial charge in [0.1, 0.15) is 0 Å². The number of hydrogen-bond acceptors (Lipinski definition) is 6. The van der Waals surface area contributed by atoms with Crippen molar-refractivity contribution >= 4 is 35.1 Å². The fourth-order valence-electron chi connectivity index (χ4n) is 7.61. The van der Waals surface area contributed by atoms with E-state index < -0.39 is 32.9 Å². The van der Waals surface area contributed by atoms with Crippen LogP contribution in [0.3, 0.4) is 0 Å². The lowest BCUT2D eigenvalue weighted by atomic mass is 9.66. The molecule has 4 aliphatic rings. The molecule has 4 fully saturated rings. The zero-order valence-electron chi connectivity index (χ0n) is 24.6. The summed E-state index contributed by atoms with van der Waals surface area (Å²) in [4.78, 5) is 51.7. The maximum atomic E-state index is 13.3. The summed E-state index contributed by atoms with van der Waals surface area (Å²) >= 11 is 0. The summed E-state index contributed by atoms with van der Waals surface area (Å²) in [7, 11) is 0. The zero-order valence-corrected chi connectivity index (χ0v) is 24.6. The summed E-state index contributed by atoms with van der Waals surface area (Å²) < 4.78 is 11.4. The lowest BCUT2D eigenvalue weighted by Gasteiger charge is -2.35.